The summed E-state index contributed by atoms with van der Waals surface area (Å²) in [7, 11) is 0. The number of nitrogens with two attached hydrogens (primary N) is 1. The van der Waals surface area contributed by atoms with Crippen molar-refractivity contribution in [1.29, 1.82) is 0 Å². The molecule has 3 N–H and O–H groups in total. The molecule has 0 saturated carbocycles. The predicted molar refractivity (Wildman–Crippen MR) is 94.2 cm³/mol. The number of hydrogen-bond donors (Lipinski definition) is 2. The average molecular weight is 380 g/mol. The highest BCUT2D eigenvalue weighted by Gasteiger charge is 2.17. The Morgan fingerprint density at radius 1 is 1.42 bits per heavy atom. The molecule has 0 aliphatic carbocycles. The summed E-state index contributed by atoms with van der Waals surface area (Å²) in [6.45, 7) is 13.2. The molecule has 19 heavy (non-hydrogen) atoms. The van der Waals surface area contributed by atoms with Crippen LogP contribution in [0.25, 0.3) is 0 Å². The first-order valence-electron chi connectivity index (χ1n) is 7.02. The third-order valence-electron chi connectivity index (χ3n) is 3.53. The molecule has 0 aromatic rings. The zero-order valence-electron chi connectivity index (χ0n) is 12.3. The number of guanidine groups is 1. The first-order valence-corrected chi connectivity index (χ1v) is 7.02. The zero-order chi connectivity index (χ0) is 13.4. The lowest BCUT2D eigenvalue weighted by atomic mass is 9.93. The van der Waals surface area contributed by atoms with Gasteiger partial charge in [0.2, 0.25) is 0 Å². The van der Waals surface area contributed by atoms with Crippen molar-refractivity contribution in [3.8, 4) is 0 Å². The maximum Gasteiger partial charge on any atom is 0.188 e. The van der Waals surface area contributed by atoms with E-state index >= 15 is 0 Å². The normalized spacial score (nSPS) is 17.9. The standard InChI is InChI=1S/C14H28N4.HI/c1-4-18-9-6-13(7-10-18)5-8-16-14(15)17-11-12(2)3;/h13H,2,4-11H2,1,3H3,(H3,15,16,17);1H. The Morgan fingerprint density at radius 3 is 2.58 bits per heavy atom. The summed E-state index contributed by atoms with van der Waals surface area (Å²) in [6.07, 6.45) is 3.83. The van der Waals surface area contributed by atoms with Gasteiger partial charge in [0.15, 0.2) is 5.96 Å². The van der Waals surface area contributed by atoms with Crippen LogP contribution in [0.1, 0.15) is 33.1 Å². The molecule has 1 fully saturated rings. The quantitative estimate of drug-likeness (QED) is 0.322. The summed E-state index contributed by atoms with van der Waals surface area (Å²) >= 11 is 0. The lowest BCUT2D eigenvalue weighted by Crippen LogP contribution is -2.36. The molecule has 4 nitrogen and oxygen atoms in total. The second-order valence-corrected chi connectivity index (χ2v) is 5.25. The Kier molecular flexibility index (Phi) is 10.3. The molecule has 0 spiro atoms. The molecular formula is C14H29IN4. The van der Waals surface area contributed by atoms with Crippen LogP contribution in [-0.4, -0.2) is 43.6 Å². The maximum atomic E-state index is 5.77. The molecule has 1 aliphatic rings. The van der Waals surface area contributed by atoms with E-state index in [4.69, 9.17) is 5.73 Å². The summed E-state index contributed by atoms with van der Waals surface area (Å²) in [5.41, 5.74) is 6.80. The van der Waals surface area contributed by atoms with Gasteiger partial charge in [-0.05, 0) is 51.7 Å². The van der Waals surface area contributed by atoms with Gasteiger partial charge in [0.25, 0.3) is 0 Å². The number of nitrogens with zero attached hydrogens (tertiary/aromatic N) is 2. The molecule has 1 rings (SSSR count). The Balaban J connectivity index is 0.00000324. The minimum atomic E-state index is 0. The molecule has 1 saturated heterocycles. The van der Waals surface area contributed by atoms with Crippen LogP contribution in [0, 0.1) is 5.92 Å². The Bertz CT molecular complexity index is 283. The van der Waals surface area contributed by atoms with E-state index in [1.165, 1.54) is 38.9 Å². The molecule has 1 heterocycles. The van der Waals surface area contributed by atoms with Crippen molar-refractivity contribution in [3.63, 3.8) is 0 Å². The van der Waals surface area contributed by atoms with Crippen LogP contribution in [-0.2, 0) is 0 Å². The Labute approximate surface area is 134 Å². The summed E-state index contributed by atoms with van der Waals surface area (Å²) in [5, 5.41) is 3.18. The highest BCUT2D eigenvalue weighted by atomic mass is 127. The van der Waals surface area contributed by atoms with E-state index in [2.05, 4.69) is 28.7 Å². The number of nitrogens with one attached hydrogen (secondary N) is 1. The molecule has 0 bridgehead atoms. The largest absolute Gasteiger partial charge is 0.370 e. The second kappa shape index (κ2) is 10.5. The smallest absolute Gasteiger partial charge is 0.188 e. The van der Waals surface area contributed by atoms with Gasteiger partial charge < -0.3 is 16.0 Å². The van der Waals surface area contributed by atoms with Crippen LogP contribution in [0.2, 0.25) is 0 Å². The fraction of sp³-hybridized carbons (Fsp3) is 0.786. The molecule has 112 valence electrons. The van der Waals surface area contributed by atoms with E-state index in [1.54, 1.807) is 0 Å². The molecule has 0 radical (unpaired) electrons. The van der Waals surface area contributed by atoms with E-state index in [9.17, 15) is 0 Å². The minimum absolute atomic E-state index is 0. The second-order valence-electron chi connectivity index (χ2n) is 5.25. The molecule has 0 aromatic carbocycles. The van der Waals surface area contributed by atoms with Gasteiger partial charge in [-0.25, -0.2) is 4.99 Å². The summed E-state index contributed by atoms with van der Waals surface area (Å²) in [5.74, 6) is 1.39. The van der Waals surface area contributed by atoms with E-state index < -0.39 is 0 Å². The van der Waals surface area contributed by atoms with Crippen molar-refractivity contribution >= 4 is 29.9 Å². The Morgan fingerprint density at radius 2 is 2.05 bits per heavy atom. The van der Waals surface area contributed by atoms with Crippen molar-refractivity contribution in [3.05, 3.63) is 12.2 Å². The minimum Gasteiger partial charge on any atom is -0.370 e. The van der Waals surface area contributed by atoms with E-state index in [-0.39, 0.29) is 24.0 Å². The van der Waals surface area contributed by atoms with E-state index in [0.29, 0.717) is 12.5 Å². The number of halogens is 1. The molecular weight excluding hydrogens is 351 g/mol. The zero-order valence-corrected chi connectivity index (χ0v) is 14.7. The number of likely N-dealkylation sites (tertiary alicyclic amines) is 1. The number of aliphatic imine (C=N–C) groups is 1. The highest BCUT2D eigenvalue weighted by Crippen LogP contribution is 2.19. The average Bonchev–Trinajstić information content (AvgIpc) is 2.37. The van der Waals surface area contributed by atoms with Crippen LogP contribution in [0.3, 0.4) is 0 Å². The van der Waals surface area contributed by atoms with Crippen LogP contribution < -0.4 is 11.1 Å². The first kappa shape index (κ1) is 18.7. The number of rotatable bonds is 6. The van der Waals surface area contributed by atoms with Crippen molar-refractivity contribution in [2.75, 3.05) is 32.7 Å². The van der Waals surface area contributed by atoms with Gasteiger partial charge >= 0.3 is 0 Å². The number of hydrogen-bond acceptors (Lipinski definition) is 2. The van der Waals surface area contributed by atoms with Gasteiger partial charge in [0, 0.05) is 6.54 Å². The summed E-state index contributed by atoms with van der Waals surface area (Å²) < 4.78 is 0. The molecule has 0 unspecified atom stereocenters. The summed E-state index contributed by atoms with van der Waals surface area (Å²) in [4.78, 5) is 6.73. The third kappa shape index (κ3) is 8.47. The molecule has 0 aromatic heterocycles. The van der Waals surface area contributed by atoms with Crippen molar-refractivity contribution in [2.24, 2.45) is 16.6 Å². The van der Waals surface area contributed by atoms with Crippen molar-refractivity contribution in [1.82, 2.24) is 10.2 Å². The molecule has 5 heteroatoms. The summed E-state index contributed by atoms with van der Waals surface area (Å²) in [6, 6.07) is 0. The highest BCUT2D eigenvalue weighted by molar-refractivity contribution is 14.0. The monoisotopic (exact) mass is 380 g/mol. The van der Waals surface area contributed by atoms with Gasteiger partial charge in [0.1, 0.15) is 0 Å². The Hall–Kier alpha value is -0.300. The lowest BCUT2D eigenvalue weighted by molar-refractivity contribution is 0.187. The number of piperidine rings is 1. The van der Waals surface area contributed by atoms with Gasteiger partial charge in [-0.2, -0.15) is 0 Å². The molecule has 0 atom stereocenters. The van der Waals surface area contributed by atoms with Crippen LogP contribution >= 0.6 is 24.0 Å². The predicted octanol–water partition coefficient (Wildman–Crippen LogP) is 2.21. The van der Waals surface area contributed by atoms with E-state index in [0.717, 1.165) is 18.0 Å². The lowest BCUT2D eigenvalue weighted by Gasteiger charge is -2.31. The topological polar surface area (TPSA) is 53.6 Å². The SMILES string of the molecule is C=C(C)CN=C(N)NCCC1CCN(CC)CC1.I. The van der Waals surface area contributed by atoms with Gasteiger partial charge in [0.05, 0.1) is 6.54 Å². The van der Waals surface area contributed by atoms with Crippen LogP contribution in [0.4, 0.5) is 0 Å². The van der Waals surface area contributed by atoms with Crippen molar-refractivity contribution in [2.45, 2.75) is 33.1 Å². The van der Waals surface area contributed by atoms with E-state index in [1.807, 2.05) is 6.92 Å². The maximum absolute atomic E-state index is 5.77. The first-order chi connectivity index (χ1) is 8.61. The van der Waals surface area contributed by atoms with Gasteiger partial charge in [-0.3, -0.25) is 0 Å². The third-order valence-corrected chi connectivity index (χ3v) is 3.53. The van der Waals surface area contributed by atoms with Gasteiger partial charge in [-0.15, -0.1) is 24.0 Å². The van der Waals surface area contributed by atoms with Gasteiger partial charge in [-0.1, -0.05) is 19.1 Å². The van der Waals surface area contributed by atoms with Crippen LogP contribution in [0.5, 0.6) is 0 Å². The fourth-order valence-electron chi connectivity index (χ4n) is 2.27. The van der Waals surface area contributed by atoms with Crippen molar-refractivity contribution < 1.29 is 0 Å². The molecule has 1 aliphatic heterocycles. The fourth-order valence-corrected chi connectivity index (χ4v) is 2.27. The molecule has 0 amide bonds. The van der Waals surface area contributed by atoms with Crippen LogP contribution in [0.15, 0.2) is 17.1 Å².